The fourth-order valence-corrected chi connectivity index (χ4v) is 4.77. The first kappa shape index (κ1) is 15.8. The molecule has 1 aliphatic carbocycles. The third kappa shape index (κ3) is 3.34. The summed E-state index contributed by atoms with van der Waals surface area (Å²) in [4.78, 5) is 13.6. The molecule has 0 radical (unpaired) electrons. The fraction of sp³-hybridized carbons (Fsp3) is 0.929. The van der Waals surface area contributed by atoms with Gasteiger partial charge in [0.05, 0.1) is 10.7 Å². The Balaban J connectivity index is 2.06. The fourth-order valence-electron chi connectivity index (χ4n) is 3.61. The zero-order valence-electron chi connectivity index (χ0n) is 12.3. The molecule has 1 saturated heterocycles. The first-order chi connectivity index (χ1) is 9.22. The monoisotopic (exact) mass is 303 g/mol. The number of rotatable bonds is 3. The van der Waals surface area contributed by atoms with Gasteiger partial charge in [0, 0.05) is 18.8 Å². The van der Waals surface area contributed by atoms with Crippen molar-refractivity contribution in [2.24, 2.45) is 5.41 Å². The third-order valence-electron chi connectivity index (χ3n) is 4.96. The summed E-state index contributed by atoms with van der Waals surface area (Å²) in [5.74, 6) is -0.738. The maximum atomic E-state index is 11.7. The van der Waals surface area contributed by atoms with E-state index in [9.17, 15) is 18.3 Å². The van der Waals surface area contributed by atoms with E-state index in [4.69, 9.17) is 0 Å². The van der Waals surface area contributed by atoms with Crippen molar-refractivity contribution in [1.29, 1.82) is 0 Å². The Bertz CT molecular complexity index is 476. The predicted octanol–water partition coefficient (Wildman–Crippen LogP) is 1.53. The number of likely N-dealkylation sites (tertiary alicyclic amines) is 1. The van der Waals surface area contributed by atoms with E-state index in [1.165, 1.54) is 6.26 Å². The first-order valence-electron chi connectivity index (χ1n) is 7.39. The molecule has 0 aromatic heterocycles. The van der Waals surface area contributed by atoms with Crippen molar-refractivity contribution in [1.82, 2.24) is 4.90 Å². The molecule has 2 fully saturated rings. The van der Waals surface area contributed by atoms with Gasteiger partial charge in [0.1, 0.15) is 9.84 Å². The molecule has 0 aromatic rings. The van der Waals surface area contributed by atoms with Crippen LogP contribution in [-0.4, -0.2) is 55.0 Å². The summed E-state index contributed by atoms with van der Waals surface area (Å²) in [6.45, 7) is 3.24. The topological polar surface area (TPSA) is 74.7 Å². The van der Waals surface area contributed by atoms with Crippen molar-refractivity contribution in [3.05, 3.63) is 0 Å². The molecule has 0 spiro atoms. The zero-order valence-corrected chi connectivity index (χ0v) is 13.2. The van der Waals surface area contributed by atoms with Crippen molar-refractivity contribution in [3.63, 3.8) is 0 Å². The second-order valence-electron chi connectivity index (χ2n) is 6.71. The standard InChI is InChI=1S/C14H25NO4S/c1-14(13(16)17)7-4-8-15(10-14)11-5-3-6-12(9-11)20(2,18)19/h11-12H,3-10H2,1-2H3,(H,16,17). The molecule has 2 rings (SSSR count). The minimum absolute atomic E-state index is 0.224. The summed E-state index contributed by atoms with van der Waals surface area (Å²) in [5, 5.41) is 9.12. The van der Waals surface area contributed by atoms with Crippen LogP contribution in [0.5, 0.6) is 0 Å². The molecule has 20 heavy (non-hydrogen) atoms. The lowest BCUT2D eigenvalue weighted by Crippen LogP contribution is -2.52. The minimum Gasteiger partial charge on any atom is -0.481 e. The minimum atomic E-state index is -2.99. The lowest BCUT2D eigenvalue weighted by molar-refractivity contribution is -0.152. The highest BCUT2D eigenvalue weighted by molar-refractivity contribution is 7.91. The molecule has 116 valence electrons. The van der Waals surface area contributed by atoms with Crippen LogP contribution in [-0.2, 0) is 14.6 Å². The summed E-state index contributed by atoms with van der Waals surface area (Å²) in [6.07, 6.45) is 6.22. The lowest BCUT2D eigenvalue weighted by atomic mass is 9.80. The number of sulfone groups is 1. The highest BCUT2D eigenvalue weighted by Crippen LogP contribution is 2.35. The highest BCUT2D eigenvalue weighted by Gasteiger charge is 2.41. The number of hydrogen-bond acceptors (Lipinski definition) is 4. The van der Waals surface area contributed by atoms with Crippen LogP contribution in [0.4, 0.5) is 0 Å². The van der Waals surface area contributed by atoms with Crippen LogP contribution in [0.25, 0.3) is 0 Å². The van der Waals surface area contributed by atoms with Crippen molar-refractivity contribution >= 4 is 15.8 Å². The SMILES string of the molecule is CC1(C(=O)O)CCCN(C2CCCC(S(C)(=O)=O)C2)C1. The van der Waals surface area contributed by atoms with Crippen LogP contribution >= 0.6 is 0 Å². The van der Waals surface area contributed by atoms with E-state index in [1.54, 1.807) is 6.92 Å². The molecule has 3 unspecified atom stereocenters. The molecule has 0 amide bonds. The molecular formula is C14H25NO4S. The van der Waals surface area contributed by atoms with Crippen LogP contribution in [0.2, 0.25) is 0 Å². The number of nitrogens with zero attached hydrogens (tertiary/aromatic N) is 1. The molecule has 6 heteroatoms. The maximum absolute atomic E-state index is 11.7. The maximum Gasteiger partial charge on any atom is 0.310 e. The summed E-state index contributed by atoms with van der Waals surface area (Å²) in [6, 6.07) is 0.224. The van der Waals surface area contributed by atoms with Crippen molar-refractivity contribution in [2.75, 3.05) is 19.3 Å². The Morgan fingerprint density at radius 2 is 2.00 bits per heavy atom. The Kier molecular flexibility index (Phi) is 4.44. The van der Waals surface area contributed by atoms with Gasteiger partial charge in [0.15, 0.2) is 0 Å². The smallest absolute Gasteiger partial charge is 0.310 e. The van der Waals surface area contributed by atoms with Gasteiger partial charge in [-0.15, -0.1) is 0 Å². The molecule has 1 heterocycles. The van der Waals surface area contributed by atoms with E-state index < -0.39 is 21.2 Å². The largest absolute Gasteiger partial charge is 0.481 e. The molecule has 1 N–H and O–H groups in total. The molecule has 1 saturated carbocycles. The van der Waals surface area contributed by atoms with Gasteiger partial charge in [0.2, 0.25) is 0 Å². The van der Waals surface area contributed by atoms with Crippen LogP contribution in [0.15, 0.2) is 0 Å². The summed E-state index contributed by atoms with van der Waals surface area (Å²) >= 11 is 0. The van der Waals surface area contributed by atoms with Crippen LogP contribution < -0.4 is 0 Å². The highest BCUT2D eigenvalue weighted by atomic mass is 32.2. The summed E-state index contributed by atoms with van der Waals surface area (Å²) < 4.78 is 23.5. The summed E-state index contributed by atoms with van der Waals surface area (Å²) in [7, 11) is -2.99. The van der Waals surface area contributed by atoms with Gasteiger partial charge in [0.25, 0.3) is 0 Å². The van der Waals surface area contributed by atoms with E-state index in [-0.39, 0.29) is 11.3 Å². The molecule has 3 atom stereocenters. The molecule has 1 aliphatic heterocycles. The normalized spacial score (nSPS) is 36.7. The quantitative estimate of drug-likeness (QED) is 0.856. The molecule has 0 aromatic carbocycles. The second-order valence-corrected chi connectivity index (χ2v) is 9.04. The van der Waals surface area contributed by atoms with Crippen molar-refractivity contribution < 1.29 is 18.3 Å². The van der Waals surface area contributed by atoms with Gasteiger partial charge < -0.3 is 5.11 Å². The van der Waals surface area contributed by atoms with Crippen LogP contribution in [0, 0.1) is 5.41 Å². The van der Waals surface area contributed by atoms with Gasteiger partial charge >= 0.3 is 5.97 Å². The van der Waals surface area contributed by atoms with E-state index in [0.29, 0.717) is 19.4 Å². The Morgan fingerprint density at radius 3 is 2.60 bits per heavy atom. The molecule has 0 bridgehead atoms. The van der Waals surface area contributed by atoms with E-state index >= 15 is 0 Å². The van der Waals surface area contributed by atoms with Crippen molar-refractivity contribution in [2.45, 2.75) is 56.7 Å². The lowest BCUT2D eigenvalue weighted by Gasteiger charge is -2.44. The average molecular weight is 303 g/mol. The molecular weight excluding hydrogens is 278 g/mol. The van der Waals surface area contributed by atoms with Crippen molar-refractivity contribution in [3.8, 4) is 0 Å². The van der Waals surface area contributed by atoms with Gasteiger partial charge in [-0.25, -0.2) is 8.42 Å². The third-order valence-corrected chi connectivity index (χ3v) is 6.60. The number of carboxylic acids is 1. The Labute approximate surface area is 121 Å². The van der Waals surface area contributed by atoms with Gasteiger partial charge in [-0.1, -0.05) is 6.42 Å². The Morgan fingerprint density at radius 1 is 1.30 bits per heavy atom. The number of aliphatic carboxylic acids is 1. The van der Waals surface area contributed by atoms with E-state index in [1.807, 2.05) is 0 Å². The predicted molar refractivity (Wildman–Crippen MR) is 77.4 cm³/mol. The number of carboxylic acid groups (broad SMARTS) is 1. The number of piperidine rings is 1. The van der Waals surface area contributed by atoms with E-state index in [2.05, 4.69) is 4.90 Å². The number of carbonyl (C=O) groups is 1. The summed E-state index contributed by atoms with van der Waals surface area (Å²) in [5.41, 5.74) is -0.684. The second kappa shape index (κ2) is 5.64. The number of hydrogen-bond donors (Lipinski definition) is 1. The van der Waals surface area contributed by atoms with Crippen LogP contribution in [0.1, 0.15) is 45.4 Å². The zero-order chi connectivity index (χ0) is 15.0. The molecule has 5 nitrogen and oxygen atoms in total. The van der Waals surface area contributed by atoms with Gasteiger partial charge in [-0.2, -0.15) is 0 Å². The first-order valence-corrected chi connectivity index (χ1v) is 9.34. The van der Waals surface area contributed by atoms with Gasteiger partial charge in [-0.3, -0.25) is 9.69 Å². The van der Waals surface area contributed by atoms with Gasteiger partial charge in [-0.05, 0) is 45.6 Å². The molecule has 2 aliphatic rings. The van der Waals surface area contributed by atoms with E-state index in [0.717, 1.165) is 32.2 Å². The van der Waals surface area contributed by atoms with Crippen LogP contribution in [0.3, 0.4) is 0 Å². The Hall–Kier alpha value is -0.620. The average Bonchev–Trinajstić information content (AvgIpc) is 2.38.